The average molecular weight is 235 g/mol. The minimum absolute atomic E-state index is 0.670. The highest BCUT2D eigenvalue weighted by Gasteiger charge is 2.08. The molecule has 9 heavy (non-hydrogen) atoms. The van der Waals surface area contributed by atoms with Gasteiger partial charge in [0, 0.05) is 28.5 Å². The van der Waals surface area contributed by atoms with Crippen LogP contribution < -0.4 is 5.32 Å². The van der Waals surface area contributed by atoms with Gasteiger partial charge in [0.15, 0.2) is 0 Å². The summed E-state index contributed by atoms with van der Waals surface area (Å²) in [5, 5.41) is 3.30. The molecule has 1 aliphatic heterocycles. The lowest BCUT2D eigenvalue weighted by molar-refractivity contribution is 0.448. The molecule has 0 aliphatic carbocycles. The Kier molecular flexibility index (Phi) is 3.37. The number of rotatable bonds is 0. The van der Waals surface area contributed by atoms with E-state index < -0.39 is 0 Å². The minimum atomic E-state index is 0.670. The molecule has 0 aromatic carbocycles. The second kappa shape index (κ2) is 4.13. The molecule has 0 spiro atoms. The van der Waals surface area contributed by atoms with Crippen LogP contribution in [-0.4, -0.2) is 13.1 Å². The van der Waals surface area contributed by atoms with Gasteiger partial charge in [0.05, 0.1) is 0 Å². The fraction of sp³-hybridized carbons (Fsp3) is 0.714. The normalized spacial score (nSPS) is 20.6. The molecule has 1 nitrogen and oxygen atoms in total. The Morgan fingerprint density at radius 1 is 1.33 bits per heavy atom. The van der Waals surface area contributed by atoms with Crippen LogP contribution >= 0.6 is 22.6 Å². The first kappa shape index (κ1) is 7.36. The number of piperidine rings is 1. The molecule has 2 heteroatoms. The summed E-state index contributed by atoms with van der Waals surface area (Å²) >= 11 is 2.11. The number of hydrogen-bond acceptors (Lipinski definition) is 1. The van der Waals surface area contributed by atoms with Gasteiger partial charge in [0.25, 0.3) is 0 Å². The third-order valence-corrected chi connectivity index (χ3v) is 1.91. The van der Waals surface area contributed by atoms with E-state index in [1.54, 1.807) is 0 Å². The molecule has 50 valence electrons. The Bertz CT molecular complexity index is 128. The SMILES string of the molecule is IC#CC1CCNCC1. The second-order valence-electron chi connectivity index (χ2n) is 2.26. The van der Waals surface area contributed by atoms with Crippen LogP contribution in [0, 0.1) is 15.8 Å². The highest BCUT2D eigenvalue weighted by atomic mass is 127. The Balaban J connectivity index is 2.28. The van der Waals surface area contributed by atoms with Crippen LogP contribution in [0.1, 0.15) is 12.8 Å². The van der Waals surface area contributed by atoms with Gasteiger partial charge >= 0.3 is 0 Å². The molecule has 1 fully saturated rings. The zero-order chi connectivity index (χ0) is 6.53. The molecule has 1 rings (SSSR count). The van der Waals surface area contributed by atoms with Crippen LogP contribution in [0.5, 0.6) is 0 Å². The second-order valence-corrected chi connectivity index (χ2v) is 2.80. The summed E-state index contributed by atoms with van der Waals surface area (Å²) in [6.07, 6.45) is 2.46. The summed E-state index contributed by atoms with van der Waals surface area (Å²) in [5.74, 6) is 3.85. The van der Waals surface area contributed by atoms with Crippen molar-refractivity contribution in [3.8, 4) is 9.85 Å². The topological polar surface area (TPSA) is 12.0 Å². The molecule has 0 amide bonds. The van der Waals surface area contributed by atoms with Crippen molar-refractivity contribution in [1.29, 1.82) is 0 Å². The third-order valence-electron chi connectivity index (χ3n) is 1.60. The van der Waals surface area contributed by atoms with Gasteiger partial charge in [0.1, 0.15) is 0 Å². The standard InChI is InChI=1S/C7H10IN/c8-4-1-7-2-5-9-6-3-7/h7,9H,2-3,5-6H2. The van der Waals surface area contributed by atoms with Gasteiger partial charge in [-0.05, 0) is 29.9 Å². The van der Waals surface area contributed by atoms with Crippen LogP contribution in [0.25, 0.3) is 0 Å². The van der Waals surface area contributed by atoms with Gasteiger partial charge in [-0.3, -0.25) is 0 Å². The molecule has 1 N–H and O–H groups in total. The smallest absolute Gasteiger partial charge is 0.0235 e. The van der Waals surface area contributed by atoms with E-state index in [1.807, 2.05) is 0 Å². The van der Waals surface area contributed by atoms with Crippen LogP contribution in [0.4, 0.5) is 0 Å². The Hall–Kier alpha value is 0.250. The van der Waals surface area contributed by atoms with Crippen molar-refractivity contribution in [2.75, 3.05) is 13.1 Å². The van der Waals surface area contributed by atoms with E-state index in [9.17, 15) is 0 Å². The van der Waals surface area contributed by atoms with Gasteiger partial charge in [-0.2, -0.15) is 0 Å². The lowest BCUT2D eigenvalue weighted by Crippen LogP contribution is -2.26. The molecular weight excluding hydrogens is 225 g/mol. The number of hydrogen-bond donors (Lipinski definition) is 1. The minimum Gasteiger partial charge on any atom is -0.317 e. The summed E-state index contributed by atoms with van der Waals surface area (Å²) in [6.45, 7) is 2.30. The Morgan fingerprint density at radius 3 is 2.56 bits per heavy atom. The van der Waals surface area contributed by atoms with Gasteiger partial charge in [0.2, 0.25) is 0 Å². The Labute approximate surface area is 69.7 Å². The maximum absolute atomic E-state index is 3.30. The molecule has 0 unspecified atom stereocenters. The quantitative estimate of drug-likeness (QED) is 0.494. The molecule has 1 aliphatic rings. The van der Waals surface area contributed by atoms with Crippen LogP contribution in [0.3, 0.4) is 0 Å². The van der Waals surface area contributed by atoms with Crippen molar-refractivity contribution < 1.29 is 0 Å². The van der Waals surface area contributed by atoms with Crippen molar-refractivity contribution in [1.82, 2.24) is 5.32 Å². The van der Waals surface area contributed by atoms with E-state index in [4.69, 9.17) is 0 Å². The summed E-state index contributed by atoms with van der Waals surface area (Å²) in [6, 6.07) is 0. The molecule has 0 saturated carbocycles. The summed E-state index contributed by atoms with van der Waals surface area (Å²) in [7, 11) is 0. The molecular formula is C7H10IN. The van der Waals surface area contributed by atoms with E-state index in [-0.39, 0.29) is 0 Å². The summed E-state index contributed by atoms with van der Waals surface area (Å²) in [5.41, 5.74) is 0. The van der Waals surface area contributed by atoms with Crippen LogP contribution in [-0.2, 0) is 0 Å². The first-order valence-corrected chi connectivity index (χ1v) is 4.33. The molecule has 0 radical (unpaired) electrons. The monoisotopic (exact) mass is 235 g/mol. The molecule has 0 atom stereocenters. The first-order valence-electron chi connectivity index (χ1n) is 3.25. The van der Waals surface area contributed by atoms with E-state index in [2.05, 4.69) is 37.8 Å². The molecule has 1 saturated heterocycles. The van der Waals surface area contributed by atoms with Gasteiger partial charge < -0.3 is 5.32 Å². The number of nitrogens with one attached hydrogen (secondary N) is 1. The van der Waals surface area contributed by atoms with Gasteiger partial charge in [-0.1, -0.05) is 5.92 Å². The fourth-order valence-corrected chi connectivity index (χ4v) is 1.48. The van der Waals surface area contributed by atoms with Crippen molar-refractivity contribution in [3.05, 3.63) is 0 Å². The molecule has 0 aromatic heterocycles. The molecule has 0 aromatic rings. The predicted molar refractivity (Wildman–Crippen MR) is 47.4 cm³/mol. The highest BCUT2D eigenvalue weighted by Crippen LogP contribution is 2.09. The van der Waals surface area contributed by atoms with E-state index in [1.165, 1.54) is 12.8 Å². The van der Waals surface area contributed by atoms with Crippen molar-refractivity contribution >= 4 is 22.6 Å². The third kappa shape index (κ3) is 2.55. The van der Waals surface area contributed by atoms with Gasteiger partial charge in [-0.25, -0.2) is 0 Å². The Morgan fingerprint density at radius 2 is 2.00 bits per heavy atom. The van der Waals surface area contributed by atoms with E-state index in [0.29, 0.717) is 5.92 Å². The van der Waals surface area contributed by atoms with Crippen molar-refractivity contribution in [2.24, 2.45) is 5.92 Å². The largest absolute Gasteiger partial charge is 0.317 e. The number of halogens is 1. The first-order chi connectivity index (χ1) is 4.43. The molecule has 0 bridgehead atoms. The maximum Gasteiger partial charge on any atom is 0.0235 e. The highest BCUT2D eigenvalue weighted by molar-refractivity contribution is 14.1. The maximum atomic E-state index is 3.30. The lowest BCUT2D eigenvalue weighted by atomic mass is 10.00. The summed E-state index contributed by atoms with van der Waals surface area (Å²) in [4.78, 5) is 0. The molecule has 1 heterocycles. The van der Waals surface area contributed by atoms with Crippen LogP contribution in [0.2, 0.25) is 0 Å². The van der Waals surface area contributed by atoms with Crippen molar-refractivity contribution in [3.63, 3.8) is 0 Å². The van der Waals surface area contributed by atoms with E-state index >= 15 is 0 Å². The van der Waals surface area contributed by atoms with Crippen LogP contribution in [0.15, 0.2) is 0 Å². The fourth-order valence-electron chi connectivity index (χ4n) is 1.04. The van der Waals surface area contributed by atoms with E-state index in [0.717, 1.165) is 13.1 Å². The van der Waals surface area contributed by atoms with Gasteiger partial charge in [-0.15, -0.1) is 0 Å². The zero-order valence-electron chi connectivity index (χ0n) is 5.28. The average Bonchev–Trinajstić information content (AvgIpc) is 1.91. The lowest BCUT2D eigenvalue weighted by Gasteiger charge is -2.16. The van der Waals surface area contributed by atoms with Crippen molar-refractivity contribution in [2.45, 2.75) is 12.8 Å². The predicted octanol–water partition coefficient (Wildman–Crippen LogP) is 1.38. The summed E-state index contributed by atoms with van der Waals surface area (Å²) < 4.78 is 2.93. The zero-order valence-corrected chi connectivity index (χ0v) is 7.44.